The van der Waals surface area contributed by atoms with Crippen molar-refractivity contribution in [2.45, 2.75) is 13.0 Å². The highest BCUT2D eigenvalue weighted by atomic mass is 35.5. The van der Waals surface area contributed by atoms with E-state index in [1.807, 2.05) is 18.2 Å². The topological polar surface area (TPSA) is 68.8 Å². The molecule has 0 aliphatic carbocycles. The van der Waals surface area contributed by atoms with Crippen LogP contribution in [0.2, 0.25) is 5.02 Å². The van der Waals surface area contributed by atoms with E-state index >= 15 is 0 Å². The third-order valence-electron chi connectivity index (χ3n) is 3.74. The SMILES string of the molecule is COc1ccc(NC(=O)C(C)Nc2ccc3c(c2)OCCO3)cc1Cl. The number of benzene rings is 2. The van der Waals surface area contributed by atoms with Gasteiger partial charge in [-0.05, 0) is 37.3 Å². The molecular weight excluding hydrogens is 344 g/mol. The van der Waals surface area contributed by atoms with E-state index in [0.29, 0.717) is 41.2 Å². The average Bonchev–Trinajstić information content (AvgIpc) is 2.61. The molecule has 0 fully saturated rings. The summed E-state index contributed by atoms with van der Waals surface area (Å²) in [6, 6.07) is 10.1. The number of nitrogens with one attached hydrogen (secondary N) is 2. The second-order valence-electron chi connectivity index (χ2n) is 5.56. The summed E-state index contributed by atoms with van der Waals surface area (Å²) >= 11 is 6.07. The summed E-state index contributed by atoms with van der Waals surface area (Å²) in [5.74, 6) is 1.76. The number of methoxy groups -OCH3 is 1. The van der Waals surface area contributed by atoms with Gasteiger partial charge < -0.3 is 24.8 Å². The summed E-state index contributed by atoms with van der Waals surface area (Å²) in [7, 11) is 1.54. The Morgan fingerprint density at radius 1 is 1.12 bits per heavy atom. The Morgan fingerprint density at radius 2 is 1.84 bits per heavy atom. The van der Waals surface area contributed by atoms with Crippen LogP contribution in [0.25, 0.3) is 0 Å². The number of hydrogen-bond donors (Lipinski definition) is 2. The zero-order valence-corrected chi connectivity index (χ0v) is 14.7. The lowest BCUT2D eigenvalue weighted by molar-refractivity contribution is -0.116. The third-order valence-corrected chi connectivity index (χ3v) is 4.03. The number of halogens is 1. The molecule has 0 saturated carbocycles. The number of fused-ring (bicyclic) bond motifs is 1. The van der Waals surface area contributed by atoms with Crippen molar-refractivity contribution in [3.8, 4) is 17.2 Å². The molecule has 0 spiro atoms. The first kappa shape index (κ1) is 17.2. The average molecular weight is 363 g/mol. The number of anilines is 2. The molecule has 2 N–H and O–H groups in total. The Hall–Kier alpha value is -2.60. The quantitative estimate of drug-likeness (QED) is 0.851. The molecule has 1 atom stereocenters. The van der Waals surface area contributed by atoms with Gasteiger partial charge in [0.1, 0.15) is 25.0 Å². The van der Waals surface area contributed by atoms with Gasteiger partial charge in [-0.2, -0.15) is 0 Å². The van der Waals surface area contributed by atoms with Crippen LogP contribution in [0.3, 0.4) is 0 Å². The highest BCUT2D eigenvalue weighted by Crippen LogP contribution is 2.33. The van der Waals surface area contributed by atoms with Crippen molar-refractivity contribution in [3.63, 3.8) is 0 Å². The third kappa shape index (κ3) is 4.09. The Labute approximate surface area is 151 Å². The molecule has 25 heavy (non-hydrogen) atoms. The highest BCUT2D eigenvalue weighted by molar-refractivity contribution is 6.32. The number of amides is 1. The lowest BCUT2D eigenvalue weighted by Gasteiger charge is -2.20. The summed E-state index contributed by atoms with van der Waals surface area (Å²) in [6.07, 6.45) is 0. The van der Waals surface area contributed by atoms with Crippen LogP contribution in [0.1, 0.15) is 6.92 Å². The van der Waals surface area contributed by atoms with Gasteiger partial charge in [0.2, 0.25) is 5.91 Å². The first-order chi connectivity index (χ1) is 12.1. The van der Waals surface area contributed by atoms with Crippen molar-refractivity contribution >= 4 is 28.9 Å². The maximum Gasteiger partial charge on any atom is 0.246 e. The zero-order valence-electron chi connectivity index (χ0n) is 14.0. The maximum absolute atomic E-state index is 12.4. The molecule has 1 aliphatic rings. The lowest BCUT2D eigenvalue weighted by Crippen LogP contribution is -2.31. The Bertz CT molecular complexity index is 782. The van der Waals surface area contributed by atoms with Crippen LogP contribution < -0.4 is 24.8 Å². The van der Waals surface area contributed by atoms with Gasteiger partial charge in [0, 0.05) is 17.4 Å². The molecule has 0 bridgehead atoms. The minimum absolute atomic E-state index is 0.184. The summed E-state index contributed by atoms with van der Waals surface area (Å²) in [5.41, 5.74) is 1.38. The molecule has 3 rings (SSSR count). The molecule has 1 heterocycles. The van der Waals surface area contributed by atoms with E-state index < -0.39 is 6.04 Å². The van der Waals surface area contributed by atoms with E-state index in [0.717, 1.165) is 5.69 Å². The van der Waals surface area contributed by atoms with Crippen molar-refractivity contribution in [1.82, 2.24) is 0 Å². The van der Waals surface area contributed by atoms with Gasteiger partial charge in [0.05, 0.1) is 12.1 Å². The molecular formula is C18H19ClN2O4. The maximum atomic E-state index is 12.4. The Balaban J connectivity index is 1.63. The lowest BCUT2D eigenvalue weighted by atomic mass is 10.2. The van der Waals surface area contributed by atoms with E-state index in [-0.39, 0.29) is 5.91 Å². The normalized spacial score (nSPS) is 13.7. The molecule has 6 nitrogen and oxygen atoms in total. The van der Waals surface area contributed by atoms with Gasteiger partial charge in [-0.15, -0.1) is 0 Å². The first-order valence-corrected chi connectivity index (χ1v) is 8.25. The van der Waals surface area contributed by atoms with E-state index in [4.69, 9.17) is 25.8 Å². The second kappa shape index (κ2) is 7.53. The molecule has 2 aromatic rings. The van der Waals surface area contributed by atoms with Gasteiger partial charge >= 0.3 is 0 Å². The molecule has 2 aromatic carbocycles. The van der Waals surface area contributed by atoms with E-state index in [1.54, 1.807) is 32.2 Å². The zero-order chi connectivity index (χ0) is 17.8. The van der Waals surface area contributed by atoms with Gasteiger partial charge in [-0.3, -0.25) is 4.79 Å². The van der Waals surface area contributed by atoms with E-state index in [2.05, 4.69) is 10.6 Å². The number of carbonyl (C=O) groups excluding carboxylic acids is 1. The van der Waals surface area contributed by atoms with Crippen LogP contribution in [-0.2, 0) is 4.79 Å². The monoisotopic (exact) mass is 362 g/mol. The fraction of sp³-hybridized carbons (Fsp3) is 0.278. The van der Waals surface area contributed by atoms with Crippen molar-refractivity contribution in [3.05, 3.63) is 41.4 Å². The summed E-state index contributed by atoms with van der Waals surface area (Å²) < 4.78 is 16.1. The van der Waals surface area contributed by atoms with Crippen LogP contribution in [0.5, 0.6) is 17.2 Å². The van der Waals surface area contributed by atoms with Gasteiger partial charge in [0.15, 0.2) is 11.5 Å². The van der Waals surface area contributed by atoms with Crippen molar-refractivity contribution in [2.24, 2.45) is 0 Å². The first-order valence-electron chi connectivity index (χ1n) is 7.87. The summed E-state index contributed by atoms with van der Waals surface area (Å²) in [6.45, 7) is 2.84. The largest absolute Gasteiger partial charge is 0.495 e. The Morgan fingerprint density at radius 3 is 2.56 bits per heavy atom. The fourth-order valence-electron chi connectivity index (χ4n) is 2.44. The fourth-order valence-corrected chi connectivity index (χ4v) is 2.70. The number of hydrogen-bond acceptors (Lipinski definition) is 5. The van der Waals surface area contributed by atoms with Crippen molar-refractivity contribution in [2.75, 3.05) is 31.0 Å². The second-order valence-corrected chi connectivity index (χ2v) is 5.97. The number of ether oxygens (including phenoxy) is 3. The minimum atomic E-state index is -0.455. The molecule has 0 saturated heterocycles. The summed E-state index contributed by atoms with van der Waals surface area (Å²) in [5, 5.41) is 6.40. The molecule has 0 aromatic heterocycles. The Kier molecular flexibility index (Phi) is 5.19. The van der Waals surface area contributed by atoms with Crippen LogP contribution in [0.15, 0.2) is 36.4 Å². The molecule has 1 unspecified atom stereocenters. The standard InChI is InChI=1S/C18H19ClN2O4/c1-11(18(22)21-12-3-5-15(23-2)14(19)9-12)20-13-4-6-16-17(10-13)25-8-7-24-16/h3-6,9-11,20H,7-8H2,1-2H3,(H,21,22). The van der Waals surface area contributed by atoms with Gasteiger partial charge in [-0.25, -0.2) is 0 Å². The van der Waals surface area contributed by atoms with Crippen LogP contribution in [0, 0.1) is 0 Å². The van der Waals surface area contributed by atoms with Crippen molar-refractivity contribution in [1.29, 1.82) is 0 Å². The van der Waals surface area contributed by atoms with E-state index in [9.17, 15) is 4.79 Å². The van der Waals surface area contributed by atoms with Crippen molar-refractivity contribution < 1.29 is 19.0 Å². The highest BCUT2D eigenvalue weighted by Gasteiger charge is 2.16. The predicted molar refractivity (Wildman–Crippen MR) is 97.2 cm³/mol. The van der Waals surface area contributed by atoms with Crippen LogP contribution in [0.4, 0.5) is 11.4 Å². The molecule has 1 aliphatic heterocycles. The number of rotatable bonds is 5. The molecule has 132 valence electrons. The van der Waals surface area contributed by atoms with Gasteiger partial charge in [-0.1, -0.05) is 11.6 Å². The van der Waals surface area contributed by atoms with Gasteiger partial charge in [0.25, 0.3) is 0 Å². The van der Waals surface area contributed by atoms with Crippen LogP contribution >= 0.6 is 11.6 Å². The minimum Gasteiger partial charge on any atom is -0.495 e. The number of carbonyl (C=O) groups is 1. The van der Waals surface area contributed by atoms with E-state index in [1.165, 1.54) is 0 Å². The molecule has 7 heteroatoms. The van der Waals surface area contributed by atoms with Crippen LogP contribution in [-0.4, -0.2) is 32.3 Å². The summed E-state index contributed by atoms with van der Waals surface area (Å²) in [4.78, 5) is 12.4. The predicted octanol–water partition coefficient (Wildman–Crippen LogP) is 3.56. The molecule has 1 amide bonds. The smallest absolute Gasteiger partial charge is 0.246 e. The molecule has 0 radical (unpaired) electrons.